The van der Waals surface area contributed by atoms with Gasteiger partial charge in [0, 0.05) is 6.26 Å². The second-order valence-electron chi connectivity index (χ2n) is 3.74. The van der Waals surface area contributed by atoms with Crippen LogP contribution in [0.25, 0.3) is 0 Å². The summed E-state index contributed by atoms with van der Waals surface area (Å²) in [7, 11) is -3.92. The maximum Gasteiger partial charge on any atom is 0.102 e. The highest BCUT2D eigenvalue weighted by molar-refractivity contribution is 7.84. The SMILES string of the molecule is CC[N+]1(CC)CCOCC1.CS(=O)(=O)[O-]. The molecule has 0 radical (unpaired) electrons. The molecule has 0 aromatic heterocycles. The van der Waals surface area contributed by atoms with Crippen LogP contribution in [0.4, 0.5) is 0 Å². The second-order valence-corrected chi connectivity index (χ2v) is 5.15. The Balaban J connectivity index is 0.000000336. The van der Waals surface area contributed by atoms with Gasteiger partial charge in [0.1, 0.15) is 13.1 Å². The summed E-state index contributed by atoms with van der Waals surface area (Å²) in [4.78, 5) is 0. The lowest BCUT2D eigenvalue weighted by atomic mass is 10.3. The molecule has 0 aliphatic carbocycles. The van der Waals surface area contributed by atoms with E-state index in [9.17, 15) is 0 Å². The zero-order valence-electron chi connectivity index (χ0n) is 9.73. The maximum atomic E-state index is 9.08. The molecule has 1 fully saturated rings. The number of hydrogen-bond acceptors (Lipinski definition) is 4. The second kappa shape index (κ2) is 6.42. The Hall–Kier alpha value is -0.170. The van der Waals surface area contributed by atoms with E-state index in [2.05, 4.69) is 13.8 Å². The van der Waals surface area contributed by atoms with Crippen LogP contribution in [0.15, 0.2) is 0 Å². The molecule has 0 N–H and O–H groups in total. The number of likely N-dealkylation sites (N-methyl/N-ethyl adjacent to an activating group) is 1. The molecule has 0 atom stereocenters. The molecule has 15 heavy (non-hydrogen) atoms. The molecular weight excluding hydrogens is 218 g/mol. The Morgan fingerprint density at radius 1 is 1.20 bits per heavy atom. The minimum Gasteiger partial charge on any atom is -0.748 e. The van der Waals surface area contributed by atoms with E-state index in [1.807, 2.05) is 0 Å². The summed E-state index contributed by atoms with van der Waals surface area (Å²) in [5.74, 6) is 0. The van der Waals surface area contributed by atoms with Crippen molar-refractivity contribution < 1.29 is 22.2 Å². The summed E-state index contributed by atoms with van der Waals surface area (Å²) in [6.07, 6.45) is 0.604. The first-order chi connectivity index (χ1) is 6.83. The van der Waals surface area contributed by atoms with Gasteiger partial charge in [0.25, 0.3) is 0 Å². The lowest BCUT2D eigenvalue weighted by molar-refractivity contribution is -0.931. The molecule has 1 aliphatic rings. The summed E-state index contributed by atoms with van der Waals surface area (Å²) < 4.78 is 33.8. The highest BCUT2D eigenvalue weighted by Crippen LogP contribution is 2.09. The predicted molar refractivity (Wildman–Crippen MR) is 57.5 cm³/mol. The minimum atomic E-state index is -3.92. The van der Waals surface area contributed by atoms with Gasteiger partial charge in [0.2, 0.25) is 0 Å². The summed E-state index contributed by atoms with van der Waals surface area (Å²) >= 11 is 0. The topological polar surface area (TPSA) is 66.4 Å². The van der Waals surface area contributed by atoms with Crippen LogP contribution in [-0.2, 0) is 14.9 Å². The van der Waals surface area contributed by atoms with Gasteiger partial charge in [0.15, 0.2) is 0 Å². The van der Waals surface area contributed by atoms with Crippen LogP contribution in [-0.4, -0.2) is 63.1 Å². The van der Waals surface area contributed by atoms with Gasteiger partial charge in [-0.05, 0) is 13.8 Å². The largest absolute Gasteiger partial charge is 0.748 e. The van der Waals surface area contributed by atoms with Crippen molar-refractivity contribution in [3.8, 4) is 0 Å². The number of morpholine rings is 1. The molecule has 0 aromatic carbocycles. The van der Waals surface area contributed by atoms with Gasteiger partial charge in [-0.3, -0.25) is 0 Å². The van der Waals surface area contributed by atoms with Crippen molar-refractivity contribution in [1.29, 1.82) is 0 Å². The van der Waals surface area contributed by atoms with Crippen molar-refractivity contribution in [3.63, 3.8) is 0 Å². The normalized spacial score (nSPS) is 20.3. The standard InChI is InChI=1S/C8H18NO.CH4O3S/c1-3-9(4-2)5-7-10-8-6-9;1-5(2,3)4/h3-8H2,1-2H3;1H3,(H,2,3,4)/q+1;/p-1. The number of nitrogens with zero attached hydrogens (tertiary/aromatic N) is 1. The summed E-state index contributed by atoms with van der Waals surface area (Å²) in [5, 5.41) is 0. The van der Waals surface area contributed by atoms with E-state index < -0.39 is 10.1 Å². The van der Waals surface area contributed by atoms with E-state index in [-0.39, 0.29) is 0 Å². The fourth-order valence-electron chi connectivity index (χ4n) is 1.59. The third kappa shape index (κ3) is 7.72. The molecule has 0 aromatic rings. The first-order valence-electron chi connectivity index (χ1n) is 5.16. The highest BCUT2D eigenvalue weighted by atomic mass is 32.2. The third-order valence-electron chi connectivity index (χ3n) is 2.76. The van der Waals surface area contributed by atoms with Crippen molar-refractivity contribution in [2.24, 2.45) is 0 Å². The fraction of sp³-hybridized carbons (Fsp3) is 1.00. The molecule has 1 aliphatic heterocycles. The molecule has 1 rings (SSSR count). The Morgan fingerprint density at radius 3 is 1.73 bits per heavy atom. The molecule has 0 unspecified atom stereocenters. The van der Waals surface area contributed by atoms with Crippen molar-refractivity contribution in [3.05, 3.63) is 0 Å². The Labute approximate surface area is 92.4 Å². The number of hydrogen-bond donors (Lipinski definition) is 0. The molecule has 0 spiro atoms. The van der Waals surface area contributed by atoms with Gasteiger partial charge in [-0.25, -0.2) is 8.42 Å². The van der Waals surface area contributed by atoms with Crippen LogP contribution in [0, 0.1) is 0 Å². The van der Waals surface area contributed by atoms with E-state index in [0.717, 1.165) is 13.2 Å². The Kier molecular flexibility index (Phi) is 6.35. The van der Waals surface area contributed by atoms with E-state index in [0.29, 0.717) is 6.26 Å². The van der Waals surface area contributed by atoms with E-state index in [1.165, 1.54) is 30.7 Å². The van der Waals surface area contributed by atoms with Gasteiger partial charge in [-0.15, -0.1) is 0 Å². The summed E-state index contributed by atoms with van der Waals surface area (Å²) in [6.45, 7) is 11.4. The first-order valence-corrected chi connectivity index (χ1v) is 6.98. The quantitative estimate of drug-likeness (QED) is 0.504. The van der Waals surface area contributed by atoms with Crippen LogP contribution >= 0.6 is 0 Å². The third-order valence-corrected chi connectivity index (χ3v) is 2.76. The van der Waals surface area contributed by atoms with Crippen LogP contribution in [0.1, 0.15) is 13.8 Å². The average Bonchev–Trinajstić information content (AvgIpc) is 2.16. The Morgan fingerprint density at radius 2 is 1.53 bits per heavy atom. The molecule has 92 valence electrons. The van der Waals surface area contributed by atoms with Gasteiger partial charge < -0.3 is 13.8 Å². The molecule has 6 heteroatoms. The van der Waals surface area contributed by atoms with Gasteiger partial charge >= 0.3 is 0 Å². The smallest absolute Gasteiger partial charge is 0.102 e. The number of rotatable bonds is 2. The lowest BCUT2D eigenvalue weighted by Crippen LogP contribution is -2.54. The monoisotopic (exact) mass is 239 g/mol. The summed E-state index contributed by atoms with van der Waals surface area (Å²) in [6, 6.07) is 0. The maximum absolute atomic E-state index is 9.08. The highest BCUT2D eigenvalue weighted by Gasteiger charge is 2.25. The van der Waals surface area contributed by atoms with Gasteiger partial charge in [-0.2, -0.15) is 0 Å². The molecular formula is C9H21NO4S. The first kappa shape index (κ1) is 14.8. The number of ether oxygens (including phenoxy) is 1. The van der Waals surface area contributed by atoms with Crippen LogP contribution in [0.3, 0.4) is 0 Å². The zero-order valence-corrected chi connectivity index (χ0v) is 10.5. The summed E-state index contributed by atoms with van der Waals surface area (Å²) in [5.41, 5.74) is 0. The van der Waals surface area contributed by atoms with Crippen LogP contribution < -0.4 is 0 Å². The van der Waals surface area contributed by atoms with Crippen molar-refractivity contribution in [2.75, 3.05) is 45.6 Å². The van der Waals surface area contributed by atoms with E-state index in [1.54, 1.807) is 0 Å². The molecule has 5 nitrogen and oxygen atoms in total. The van der Waals surface area contributed by atoms with Gasteiger partial charge in [0.05, 0.1) is 36.4 Å². The van der Waals surface area contributed by atoms with Gasteiger partial charge in [-0.1, -0.05) is 0 Å². The van der Waals surface area contributed by atoms with Crippen molar-refractivity contribution in [2.45, 2.75) is 13.8 Å². The predicted octanol–water partition coefficient (Wildman–Crippen LogP) is 0.0346. The van der Waals surface area contributed by atoms with Crippen molar-refractivity contribution in [1.82, 2.24) is 0 Å². The van der Waals surface area contributed by atoms with E-state index in [4.69, 9.17) is 17.7 Å². The van der Waals surface area contributed by atoms with E-state index >= 15 is 0 Å². The van der Waals surface area contributed by atoms with Crippen LogP contribution in [0.5, 0.6) is 0 Å². The molecule has 0 saturated carbocycles. The van der Waals surface area contributed by atoms with Crippen molar-refractivity contribution >= 4 is 10.1 Å². The molecule has 1 saturated heterocycles. The minimum absolute atomic E-state index is 0.604. The lowest BCUT2D eigenvalue weighted by Gasteiger charge is -2.39. The fourth-order valence-corrected chi connectivity index (χ4v) is 1.59. The average molecular weight is 239 g/mol. The molecule has 0 bridgehead atoms. The number of quaternary nitrogens is 1. The van der Waals surface area contributed by atoms with Crippen LogP contribution in [0.2, 0.25) is 0 Å². The molecule has 1 heterocycles. The molecule has 0 amide bonds. The zero-order chi connectivity index (χ0) is 11.9. The Bertz CT molecular complexity index is 243.